The quantitative estimate of drug-likeness (QED) is 0.156. The van der Waals surface area contributed by atoms with Crippen molar-refractivity contribution < 1.29 is 33.4 Å². The highest BCUT2D eigenvalue weighted by molar-refractivity contribution is 5.97. The van der Waals surface area contributed by atoms with Crippen LogP contribution in [0, 0.1) is 35.0 Å². The Labute approximate surface area is 394 Å². The van der Waals surface area contributed by atoms with Crippen molar-refractivity contribution >= 4 is 40.5 Å². The normalized spacial score (nSPS) is 21.8. The van der Waals surface area contributed by atoms with Gasteiger partial charge in [-0.2, -0.15) is 0 Å². The van der Waals surface area contributed by atoms with E-state index in [-0.39, 0.29) is 49.3 Å². The van der Waals surface area contributed by atoms with Crippen LogP contribution in [0.5, 0.6) is 0 Å². The second-order valence-electron chi connectivity index (χ2n) is 19.5. The number of fused-ring (bicyclic) bond motifs is 6. The second kappa shape index (κ2) is 20.4. The lowest BCUT2D eigenvalue weighted by atomic mass is 9.84. The molecule has 0 saturated carbocycles. The molecule has 1 aromatic carbocycles. The molecule has 0 radical (unpaired) electrons. The number of hydrogen-bond acceptors (Lipinski definition) is 10. The Bertz CT molecular complexity index is 2590. The number of amides is 4. The molecule has 2 fully saturated rings. The fourth-order valence-electron chi connectivity index (χ4n) is 10.0. The third kappa shape index (κ3) is 10.3. The number of likely N-dealkylation sites (tertiary alicyclic amines) is 1. The minimum Gasteiger partial charge on any atom is -0.464 e. The zero-order chi connectivity index (χ0) is 48.3. The number of carbonyl (C=O) groups is 5. The monoisotopic (exact) mass is 915 g/mol. The molecule has 2 N–H and O–H groups in total. The van der Waals surface area contributed by atoms with E-state index >= 15 is 0 Å². The first-order valence-electron chi connectivity index (χ1n) is 23.6. The van der Waals surface area contributed by atoms with Crippen LogP contribution in [0.2, 0.25) is 0 Å². The zero-order valence-corrected chi connectivity index (χ0v) is 40.6. The van der Waals surface area contributed by atoms with Crippen LogP contribution in [0.4, 0.5) is 0 Å². The summed E-state index contributed by atoms with van der Waals surface area (Å²) in [4.78, 5) is 83.0. The number of methoxy groups -OCH3 is 1. The summed E-state index contributed by atoms with van der Waals surface area (Å²) < 4.78 is 14.2. The maximum atomic E-state index is 14.7. The van der Waals surface area contributed by atoms with Gasteiger partial charge in [-0.05, 0) is 99.8 Å². The highest BCUT2D eigenvalue weighted by atomic mass is 16.5. The number of esters is 1. The predicted molar refractivity (Wildman–Crippen MR) is 256 cm³/mol. The highest BCUT2D eigenvalue weighted by Crippen LogP contribution is 2.42. The Morgan fingerprint density at radius 3 is 2.58 bits per heavy atom. The van der Waals surface area contributed by atoms with Gasteiger partial charge in [-0.15, -0.1) is 0 Å². The number of likely N-dealkylation sites (N-methyl/N-ethyl adjacent to an activating group) is 1. The van der Waals surface area contributed by atoms with E-state index in [0.717, 1.165) is 39.0 Å². The molecule has 3 aromatic heterocycles. The third-order valence-electron chi connectivity index (χ3n) is 13.6. The summed E-state index contributed by atoms with van der Waals surface area (Å²) in [7, 11) is 3.28. The van der Waals surface area contributed by atoms with Gasteiger partial charge >= 0.3 is 5.97 Å². The number of carbonyl (C=O) groups excluding carboxylic acids is 5. The van der Waals surface area contributed by atoms with Gasteiger partial charge in [0.25, 0.3) is 11.8 Å². The van der Waals surface area contributed by atoms with Crippen LogP contribution in [-0.4, -0.2) is 117 Å². The van der Waals surface area contributed by atoms with Crippen molar-refractivity contribution in [1.82, 2.24) is 40.1 Å². The van der Waals surface area contributed by atoms with E-state index in [1.54, 1.807) is 32.2 Å². The molecule has 6 heterocycles. The average Bonchev–Trinajstić information content (AvgIpc) is 3.85. The molecule has 6 atom stereocenters. The topological polar surface area (TPSA) is 168 Å². The molecule has 0 unspecified atom stereocenters. The Morgan fingerprint density at radius 2 is 1.87 bits per heavy atom. The van der Waals surface area contributed by atoms with Crippen molar-refractivity contribution in [2.24, 2.45) is 23.2 Å². The molecule has 6 bridgehead atoms. The molecule has 0 spiro atoms. The number of hydrogen-bond donors (Lipinski definition) is 2. The van der Waals surface area contributed by atoms with Crippen molar-refractivity contribution in [3.63, 3.8) is 0 Å². The summed E-state index contributed by atoms with van der Waals surface area (Å²) in [6, 6.07) is 13.2. The van der Waals surface area contributed by atoms with Gasteiger partial charge in [-0.1, -0.05) is 52.7 Å². The zero-order valence-electron chi connectivity index (χ0n) is 40.6. The summed E-state index contributed by atoms with van der Waals surface area (Å²) >= 11 is 0. The number of ether oxygens (including phenoxy) is 2. The highest BCUT2D eigenvalue weighted by Gasteiger charge is 2.43. The van der Waals surface area contributed by atoms with E-state index < -0.39 is 47.2 Å². The summed E-state index contributed by atoms with van der Waals surface area (Å²) in [6.45, 7) is 17.2. The lowest BCUT2D eigenvalue weighted by molar-refractivity contribution is -0.155. The summed E-state index contributed by atoms with van der Waals surface area (Å²) in [5.74, 6) is 2.19. The molecule has 15 nitrogen and oxygen atoms in total. The number of aromatic nitrogens is 3. The number of nitrogens with one attached hydrogen (secondary N) is 2. The Balaban J connectivity index is 1.28. The third-order valence-corrected chi connectivity index (χ3v) is 13.6. The molecule has 4 aromatic rings. The minimum atomic E-state index is -1.12. The summed E-state index contributed by atoms with van der Waals surface area (Å²) in [6.07, 6.45) is 3.10. The van der Waals surface area contributed by atoms with Gasteiger partial charge in [0.1, 0.15) is 18.1 Å². The van der Waals surface area contributed by atoms with E-state index in [2.05, 4.69) is 72.2 Å². The number of benzene rings is 1. The first-order valence-corrected chi connectivity index (χ1v) is 23.6. The van der Waals surface area contributed by atoms with Crippen molar-refractivity contribution in [2.45, 2.75) is 112 Å². The smallest absolute Gasteiger partial charge is 0.324 e. The number of nitrogens with zero attached hydrogens (tertiary/aromatic N) is 6. The molecule has 0 aliphatic carbocycles. The first kappa shape index (κ1) is 48.8. The van der Waals surface area contributed by atoms with Gasteiger partial charge in [-0.25, -0.2) is 5.43 Å². The molecule has 7 rings (SSSR count). The lowest BCUT2D eigenvalue weighted by Gasteiger charge is -2.37. The number of cyclic esters (lactones) is 1. The molecule has 4 amide bonds. The fourth-order valence-corrected chi connectivity index (χ4v) is 10.0. The van der Waals surface area contributed by atoms with Crippen molar-refractivity contribution in [3.05, 3.63) is 71.7 Å². The molecular weight excluding hydrogens is 849 g/mol. The summed E-state index contributed by atoms with van der Waals surface area (Å²) in [5, 5.41) is 5.48. The van der Waals surface area contributed by atoms with E-state index in [0.29, 0.717) is 50.3 Å². The molecule has 3 aliphatic rings. The maximum Gasteiger partial charge on any atom is 0.324 e. The molecular formula is C52H66N8O7. The van der Waals surface area contributed by atoms with E-state index in [1.807, 2.05) is 52.0 Å². The predicted octanol–water partition coefficient (Wildman–Crippen LogP) is 5.74. The molecule has 3 aliphatic heterocycles. The van der Waals surface area contributed by atoms with Crippen molar-refractivity contribution in [3.8, 4) is 34.4 Å². The standard InChI is InChI=1S/C52H66N8O7/c1-11-16-44(61)58-28-32(5)39(29-58)49(63)57(9)46(31(3)4)48(62)55-42-26-35-17-13-19-40(54-35)34-21-22-43-37(25-34)38(47(59(43)12-2)36-18-14-23-53-45(36)33(6)66-10)27-52(7,8)30-67-51(65)41-20-15-24-60(56-41)50(42)64/h13-14,17-19,21-23,25,31-33,39,41-42,46,56H,12,15,20,24,26-30H2,1-10H3,(H,55,62)/t32-,33-,39+,41-,42-,46-/m0/s1. The molecule has 15 heteroatoms. The Morgan fingerprint density at radius 1 is 1.09 bits per heavy atom. The van der Waals surface area contributed by atoms with Gasteiger partial charge < -0.3 is 29.2 Å². The SMILES string of the molecule is CC#CC(=O)N1C[C@H](C)[C@H](C(=O)N(C)[C@H](C(=O)N[C@H]2Cc3cccc(n3)-c3ccc4c(c3)c(c(-c3cccnc3[C@H](C)OC)n4CC)CC(C)(C)COC(=O)[C@@H]3CCCN(N3)C2=O)C(C)C)C1. The van der Waals surface area contributed by atoms with Crippen molar-refractivity contribution in [1.29, 1.82) is 0 Å². The van der Waals surface area contributed by atoms with Crippen LogP contribution in [0.25, 0.3) is 33.4 Å². The van der Waals surface area contributed by atoms with Gasteiger partial charge in [0.15, 0.2) is 0 Å². The van der Waals surface area contributed by atoms with Crippen LogP contribution in [-0.2, 0) is 52.8 Å². The average molecular weight is 915 g/mol. The number of hydrazine groups is 1. The van der Waals surface area contributed by atoms with E-state index in [1.165, 1.54) is 9.91 Å². The van der Waals surface area contributed by atoms with Gasteiger partial charge in [0, 0.05) is 86.1 Å². The van der Waals surface area contributed by atoms with Crippen LogP contribution in [0.1, 0.15) is 91.3 Å². The summed E-state index contributed by atoms with van der Waals surface area (Å²) in [5.41, 5.74) is 9.70. The van der Waals surface area contributed by atoms with Gasteiger partial charge in [0.05, 0.1) is 35.7 Å². The molecule has 356 valence electrons. The molecule has 2 saturated heterocycles. The minimum absolute atomic E-state index is 0.0306. The van der Waals surface area contributed by atoms with Gasteiger partial charge in [0.2, 0.25) is 11.8 Å². The van der Waals surface area contributed by atoms with Crippen LogP contribution >= 0.6 is 0 Å². The lowest BCUT2D eigenvalue weighted by Crippen LogP contribution is -2.62. The van der Waals surface area contributed by atoms with Crippen LogP contribution in [0.15, 0.2) is 54.7 Å². The van der Waals surface area contributed by atoms with Gasteiger partial charge in [-0.3, -0.25) is 38.9 Å². The number of pyridine rings is 2. The van der Waals surface area contributed by atoms with Crippen molar-refractivity contribution in [2.75, 3.05) is 40.4 Å². The van der Waals surface area contributed by atoms with Crippen LogP contribution in [0.3, 0.4) is 0 Å². The van der Waals surface area contributed by atoms with E-state index in [9.17, 15) is 24.0 Å². The second-order valence-corrected chi connectivity index (χ2v) is 19.5. The molecule has 67 heavy (non-hydrogen) atoms. The fraction of sp³-hybridized carbons (Fsp3) is 0.519. The Hall–Kier alpha value is -6.11. The first-order chi connectivity index (χ1) is 32.0. The number of aryl methyl sites for hydroxylation is 1. The van der Waals surface area contributed by atoms with Crippen LogP contribution < -0.4 is 10.7 Å². The van der Waals surface area contributed by atoms with E-state index in [4.69, 9.17) is 19.4 Å². The largest absolute Gasteiger partial charge is 0.464 e. The maximum absolute atomic E-state index is 14.7. The Kier molecular flexibility index (Phi) is 14.9. The number of rotatable bonds is 9.